The van der Waals surface area contributed by atoms with Crippen LogP contribution in [-0.2, 0) is 0 Å². The lowest BCUT2D eigenvalue weighted by atomic mass is 9.98. The van der Waals surface area contributed by atoms with Gasteiger partial charge in [-0.2, -0.15) is 5.26 Å². The van der Waals surface area contributed by atoms with E-state index in [9.17, 15) is 14.9 Å². The van der Waals surface area contributed by atoms with E-state index in [2.05, 4.69) is 6.07 Å². The highest BCUT2D eigenvalue weighted by molar-refractivity contribution is 5.97. The Morgan fingerprint density at radius 1 is 1.48 bits per heavy atom. The van der Waals surface area contributed by atoms with Crippen molar-refractivity contribution in [2.75, 3.05) is 20.2 Å². The van der Waals surface area contributed by atoms with Crippen molar-refractivity contribution in [3.8, 4) is 11.8 Å². The van der Waals surface area contributed by atoms with Crippen LogP contribution >= 0.6 is 0 Å². The van der Waals surface area contributed by atoms with Gasteiger partial charge in [-0.25, -0.2) is 0 Å². The maximum atomic E-state index is 12.4. The summed E-state index contributed by atoms with van der Waals surface area (Å²) in [4.78, 5) is 24.3. The Morgan fingerprint density at radius 3 is 2.67 bits per heavy atom. The van der Waals surface area contributed by atoms with Crippen molar-refractivity contribution in [1.82, 2.24) is 4.90 Å². The van der Waals surface area contributed by atoms with Gasteiger partial charge in [0.25, 0.3) is 11.6 Å². The van der Waals surface area contributed by atoms with Crippen LogP contribution in [0.25, 0.3) is 0 Å². The molecule has 1 saturated heterocycles. The summed E-state index contributed by atoms with van der Waals surface area (Å²) in [5.74, 6) is -0.0393. The smallest absolute Gasteiger partial charge is 0.273 e. The Bertz CT molecular complexity index is 601. The topological polar surface area (TPSA) is 96.5 Å². The summed E-state index contributed by atoms with van der Waals surface area (Å²) in [5.41, 5.74) is 0.185. The number of nitro benzene ring substituents is 1. The van der Waals surface area contributed by atoms with Crippen molar-refractivity contribution in [1.29, 1.82) is 5.26 Å². The molecule has 110 valence electrons. The van der Waals surface area contributed by atoms with Crippen LogP contribution in [0, 0.1) is 27.4 Å². The van der Waals surface area contributed by atoms with E-state index in [-0.39, 0.29) is 23.3 Å². The Kier molecular flexibility index (Phi) is 4.38. The second-order valence-electron chi connectivity index (χ2n) is 4.84. The molecule has 1 aliphatic heterocycles. The molecule has 1 amide bonds. The molecule has 1 aromatic rings. The molecule has 0 unspecified atom stereocenters. The molecule has 1 fully saturated rings. The van der Waals surface area contributed by atoms with Crippen LogP contribution in [0.3, 0.4) is 0 Å². The van der Waals surface area contributed by atoms with E-state index in [1.54, 1.807) is 4.90 Å². The average Bonchev–Trinajstić information content (AvgIpc) is 2.53. The fourth-order valence-electron chi connectivity index (χ4n) is 2.35. The fourth-order valence-corrected chi connectivity index (χ4v) is 2.35. The second-order valence-corrected chi connectivity index (χ2v) is 4.84. The molecule has 0 bridgehead atoms. The molecule has 7 nitrogen and oxygen atoms in total. The zero-order valence-corrected chi connectivity index (χ0v) is 11.6. The molecular formula is C14H15N3O4. The molecule has 1 aliphatic rings. The number of rotatable bonds is 3. The number of likely N-dealkylation sites (tertiary alicyclic amines) is 1. The highest BCUT2D eigenvalue weighted by Gasteiger charge is 2.26. The number of hydrogen-bond donors (Lipinski definition) is 0. The highest BCUT2D eigenvalue weighted by atomic mass is 16.6. The number of nitrogens with zero attached hydrogens (tertiary/aromatic N) is 3. The quantitative estimate of drug-likeness (QED) is 0.626. The van der Waals surface area contributed by atoms with Crippen molar-refractivity contribution in [3.05, 3.63) is 33.9 Å². The lowest BCUT2D eigenvalue weighted by Gasteiger charge is -2.29. The van der Waals surface area contributed by atoms with Crippen molar-refractivity contribution >= 4 is 11.6 Å². The molecule has 0 radical (unpaired) electrons. The number of methoxy groups -OCH3 is 1. The van der Waals surface area contributed by atoms with Gasteiger partial charge in [-0.3, -0.25) is 14.9 Å². The summed E-state index contributed by atoms with van der Waals surface area (Å²) in [6, 6.07) is 6.16. The van der Waals surface area contributed by atoms with Gasteiger partial charge in [-0.1, -0.05) is 0 Å². The molecule has 0 aliphatic carbocycles. The van der Waals surface area contributed by atoms with E-state index in [4.69, 9.17) is 10.00 Å². The van der Waals surface area contributed by atoms with Crippen LogP contribution < -0.4 is 4.74 Å². The summed E-state index contributed by atoms with van der Waals surface area (Å²) in [6.45, 7) is 1.02. The van der Waals surface area contributed by atoms with Crippen LogP contribution in [0.15, 0.2) is 18.2 Å². The molecule has 0 aromatic heterocycles. The Balaban J connectivity index is 2.20. The van der Waals surface area contributed by atoms with Gasteiger partial charge in [-0.05, 0) is 18.9 Å². The Labute approximate surface area is 121 Å². The van der Waals surface area contributed by atoms with Gasteiger partial charge >= 0.3 is 0 Å². The third-order valence-electron chi connectivity index (χ3n) is 3.59. The number of non-ortho nitro benzene ring substituents is 1. The van der Waals surface area contributed by atoms with E-state index < -0.39 is 4.92 Å². The molecule has 1 aromatic carbocycles. The number of ether oxygens (including phenoxy) is 1. The van der Waals surface area contributed by atoms with Crippen LogP contribution in [0.2, 0.25) is 0 Å². The maximum absolute atomic E-state index is 12.4. The fraction of sp³-hybridized carbons (Fsp3) is 0.429. The van der Waals surface area contributed by atoms with Gasteiger partial charge in [-0.15, -0.1) is 0 Å². The van der Waals surface area contributed by atoms with Gasteiger partial charge in [0, 0.05) is 25.1 Å². The predicted molar refractivity (Wildman–Crippen MR) is 73.9 cm³/mol. The normalized spacial score (nSPS) is 15.3. The molecule has 0 N–H and O–H groups in total. The molecule has 0 saturated carbocycles. The lowest BCUT2D eigenvalue weighted by molar-refractivity contribution is -0.384. The minimum absolute atomic E-state index is 0.00666. The van der Waals surface area contributed by atoms with Gasteiger partial charge in [0.2, 0.25) is 0 Å². The number of piperidine rings is 1. The van der Waals surface area contributed by atoms with Gasteiger partial charge in [0.05, 0.1) is 29.7 Å². The third kappa shape index (κ3) is 3.11. The molecule has 21 heavy (non-hydrogen) atoms. The van der Waals surface area contributed by atoms with E-state index in [1.165, 1.54) is 25.3 Å². The summed E-state index contributed by atoms with van der Waals surface area (Å²) in [6.07, 6.45) is 1.30. The van der Waals surface area contributed by atoms with E-state index in [1.807, 2.05) is 0 Å². The lowest BCUT2D eigenvalue weighted by Crippen LogP contribution is -2.38. The molecule has 2 rings (SSSR count). The third-order valence-corrected chi connectivity index (χ3v) is 3.59. The van der Waals surface area contributed by atoms with Crippen molar-refractivity contribution in [2.24, 2.45) is 5.92 Å². The number of hydrogen-bond acceptors (Lipinski definition) is 5. The molecule has 7 heteroatoms. The first kappa shape index (κ1) is 14.8. The zero-order valence-electron chi connectivity index (χ0n) is 11.6. The average molecular weight is 289 g/mol. The Morgan fingerprint density at radius 2 is 2.14 bits per heavy atom. The monoisotopic (exact) mass is 289 g/mol. The first-order chi connectivity index (χ1) is 10.1. The van der Waals surface area contributed by atoms with Crippen LogP contribution in [0.1, 0.15) is 23.2 Å². The number of nitro groups is 1. The van der Waals surface area contributed by atoms with Crippen molar-refractivity contribution < 1.29 is 14.5 Å². The zero-order chi connectivity index (χ0) is 15.4. The van der Waals surface area contributed by atoms with Crippen LogP contribution in [0.4, 0.5) is 5.69 Å². The number of nitriles is 1. The number of amides is 1. The van der Waals surface area contributed by atoms with Crippen LogP contribution in [-0.4, -0.2) is 35.9 Å². The first-order valence-electron chi connectivity index (χ1n) is 6.58. The summed E-state index contributed by atoms with van der Waals surface area (Å²) < 4.78 is 5.09. The number of carbonyl (C=O) groups is 1. The summed E-state index contributed by atoms with van der Waals surface area (Å²) in [5, 5.41) is 19.6. The van der Waals surface area contributed by atoms with Gasteiger partial charge in [0.1, 0.15) is 5.75 Å². The molecule has 0 atom stereocenters. The summed E-state index contributed by atoms with van der Waals surface area (Å²) >= 11 is 0. The maximum Gasteiger partial charge on any atom is 0.273 e. The Hall–Kier alpha value is -2.62. The van der Waals surface area contributed by atoms with E-state index in [0.29, 0.717) is 31.5 Å². The minimum atomic E-state index is -0.533. The van der Waals surface area contributed by atoms with Crippen molar-refractivity contribution in [2.45, 2.75) is 12.8 Å². The second kappa shape index (κ2) is 6.22. The summed E-state index contributed by atoms with van der Waals surface area (Å²) in [7, 11) is 1.37. The number of carbonyl (C=O) groups excluding carboxylic acids is 1. The van der Waals surface area contributed by atoms with E-state index in [0.717, 1.165) is 0 Å². The van der Waals surface area contributed by atoms with Gasteiger partial charge < -0.3 is 9.64 Å². The largest absolute Gasteiger partial charge is 0.496 e. The van der Waals surface area contributed by atoms with Crippen molar-refractivity contribution in [3.63, 3.8) is 0 Å². The minimum Gasteiger partial charge on any atom is -0.496 e. The molecule has 0 spiro atoms. The van der Waals surface area contributed by atoms with Gasteiger partial charge in [0.15, 0.2) is 0 Å². The SMILES string of the molecule is COc1cc([N+](=O)[O-])ccc1C(=O)N1CCC(C#N)CC1. The predicted octanol–water partition coefficient (Wildman–Crippen LogP) is 1.98. The standard InChI is InChI=1S/C14H15N3O4/c1-21-13-8-11(17(19)20)2-3-12(13)14(18)16-6-4-10(9-15)5-7-16/h2-3,8,10H,4-7H2,1H3. The van der Waals surface area contributed by atoms with E-state index >= 15 is 0 Å². The first-order valence-corrected chi connectivity index (χ1v) is 6.58. The molecule has 1 heterocycles. The number of benzene rings is 1. The van der Waals surface area contributed by atoms with Crippen LogP contribution in [0.5, 0.6) is 5.75 Å². The molecular weight excluding hydrogens is 274 g/mol. The highest BCUT2D eigenvalue weighted by Crippen LogP contribution is 2.27.